The lowest BCUT2D eigenvalue weighted by atomic mass is 10.2. The quantitative estimate of drug-likeness (QED) is 0.660. The van der Waals surface area contributed by atoms with Crippen molar-refractivity contribution in [3.05, 3.63) is 17.5 Å². The van der Waals surface area contributed by atoms with Crippen LogP contribution in [0.15, 0.2) is 6.07 Å². The summed E-state index contributed by atoms with van der Waals surface area (Å²) >= 11 is 0. The van der Waals surface area contributed by atoms with Crippen molar-refractivity contribution in [1.29, 1.82) is 0 Å². The summed E-state index contributed by atoms with van der Waals surface area (Å²) in [7, 11) is 1.85. The second kappa shape index (κ2) is 7.28. The van der Waals surface area contributed by atoms with Gasteiger partial charge >= 0.3 is 0 Å². The minimum Gasteiger partial charge on any atom is -0.346 e. The number of nitrogens with zero attached hydrogens (tertiary/aromatic N) is 2. The van der Waals surface area contributed by atoms with Crippen LogP contribution in [-0.2, 0) is 34.2 Å². The average Bonchev–Trinajstić information content (AvgIpc) is 2.70. The van der Waals surface area contributed by atoms with Gasteiger partial charge in [0.25, 0.3) is 0 Å². The number of hydrogen-bond acceptors (Lipinski definition) is 4. The van der Waals surface area contributed by atoms with Gasteiger partial charge in [0.2, 0.25) is 6.29 Å². The van der Waals surface area contributed by atoms with Gasteiger partial charge in [0.1, 0.15) is 0 Å². The molecule has 0 spiro atoms. The van der Waals surface area contributed by atoms with Gasteiger partial charge in [0, 0.05) is 26.0 Å². The van der Waals surface area contributed by atoms with Gasteiger partial charge in [-0.2, -0.15) is 5.10 Å². The Kier molecular flexibility index (Phi) is 6.01. The normalized spacial score (nSPS) is 11.2. The van der Waals surface area contributed by atoms with Crippen LogP contribution in [0, 0.1) is 0 Å². The second-order valence-corrected chi connectivity index (χ2v) is 3.99. The molecule has 5 nitrogen and oxygen atoms in total. The summed E-state index contributed by atoms with van der Waals surface area (Å²) in [6.07, 6.45) is 0.385. The van der Waals surface area contributed by atoms with Crippen LogP contribution in [0.5, 0.6) is 0 Å². The summed E-state index contributed by atoms with van der Waals surface area (Å²) in [6, 6.07) is 1.95. The maximum atomic E-state index is 12.1. The molecule has 0 N–H and O–H groups in total. The summed E-state index contributed by atoms with van der Waals surface area (Å²) < 4.78 is 12.3. The molecule has 0 saturated carbocycles. The number of ether oxygens (including phenoxy) is 2. The number of ketones is 1. The molecule has 0 saturated heterocycles. The Morgan fingerprint density at radius 1 is 1.33 bits per heavy atom. The molecule has 0 aliphatic rings. The molecule has 0 fully saturated rings. The largest absolute Gasteiger partial charge is 0.346 e. The molecule has 0 amide bonds. The van der Waals surface area contributed by atoms with Gasteiger partial charge < -0.3 is 9.47 Å². The molecule has 0 aliphatic carbocycles. The van der Waals surface area contributed by atoms with Crippen molar-refractivity contribution in [2.45, 2.75) is 39.9 Å². The lowest BCUT2D eigenvalue weighted by Gasteiger charge is -2.15. The number of carbonyl (C=O) groups is 1. The molecular formula is C13H22N2O3. The summed E-state index contributed by atoms with van der Waals surface area (Å²) in [5.41, 5.74) is 1.88. The van der Waals surface area contributed by atoms with Crippen molar-refractivity contribution in [1.82, 2.24) is 9.78 Å². The number of rotatable bonds is 8. The molecular weight excluding hydrogens is 232 g/mol. The molecule has 0 unspecified atom stereocenters. The van der Waals surface area contributed by atoms with Gasteiger partial charge in [0.15, 0.2) is 5.78 Å². The smallest absolute Gasteiger partial charge is 0.218 e. The molecule has 102 valence electrons. The van der Waals surface area contributed by atoms with Gasteiger partial charge in [-0.05, 0) is 26.3 Å². The molecule has 0 aromatic carbocycles. The Hall–Kier alpha value is -1.20. The van der Waals surface area contributed by atoms with E-state index in [0.717, 1.165) is 17.8 Å². The van der Waals surface area contributed by atoms with Crippen LogP contribution in [0.1, 0.15) is 32.2 Å². The highest BCUT2D eigenvalue weighted by atomic mass is 16.7. The molecule has 1 heterocycles. The molecule has 1 rings (SSSR count). The fraction of sp³-hybridized carbons (Fsp3) is 0.692. The first-order valence-corrected chi connectivity index (χ1v) is 6.40. The van der Waals surface area contributed by atoms with Crippen molar-refractivity contribution in [3.8, 4) is 0 Å². The molecule has 1 aromatic heterocycles. The van der Waals surface area contributed by atoms with E-state index in [2.05, 4.69) is 5.10 Å². The Bertz CT molecular complexity index is 382. The maximum Gasteiger partial charge on any atom is 0.218 e. The summed E-state index contributed by atoms with van der Waals surface area (Å²) in [5, 5.41) is 4.32. The molecule has 18 heavy (non-hydrogen) atoms. The fourth-order valence-corrected chi connectivity index (χ4v) is 1.71. The van der Waals surface area contributed by atoms with E-state index in [1.54, 1.807) is 4.68 Å². The molecule has 0 aliphatic heterocycles. The van der Waals surface area contributed by atoms with Gasteiger partial charge in [-0.25, -0.2) is 0 Å². The van der Waals surface area contributed by atoms with Crippen LogP contribution in [0.3, 0.4) is 0 Å². The van der Waals surface area contributed by atoms with Crippen molar-refractivity contribution < 1.29 is 14.3 Å². The zero-order chi connectivity index (χ0) is 13.5. The number of hydrogen-bond donors (Lipinski definition) is 0. The first-order valence-electron chi connectivity index (χ1n) is 6.40. The van der Waals surface area contributed by atoms with Crippen LogP contribution in [0.4, 0.5) is 0 Å². The third-order valence-electron chi connectivity index (χ3n) is 2.64. The van der Waals surface area contributed by atoms with Gasteiger partial charge in [-0.1, -0.05) is 6.92 Å². The number of aryl methyl sites for hydroxylation is 2. The van der Waals surface area contributed by atoms with Crippen molar-refractivity contribution in [2.24, 2.45) is 7.05 Å². The van der Waals surface area contributed by atoms with E-state index < -0.39 is 6.29 Å². The monoisotopic (exact) mass is 254 g/mol. The Balaban J connectivity index is 2.68. The number of aromatic nitrogens is 2. The van der Waals surface area contributed by atoms with E-state index in [-0.39, 0.29) is 12.2 Å². The number of Topliss-reactive ketones (excluding diaryl/α,β-unsaturated/α-hetero) is 1. The fourth-order valence-electron chi connectivity index (χ4n) is 1.71. The highest BCUT2D eigenvalue weighted by Crippen LogP contribution is 2.08. The van der Waals surface area contributed by atoms with E-state index in [1.807, 2.05) is 33.9 Å². The SMILES string of the molecule is CCOC(OCC)C(=O)Cc1cc(CC)nn1C. The third kappa shape index (κ3) is 3.92. The van der Waals surface area contributed by atoms with E-state index in [4.69, 9.17) is 9.47 Å². The molecule has 0 bridgehead atoms. The number of carbonyl (C=O) groups excluding carboxylic acids is 1. The minimum atomic E-state index is -0.764. The van der Waals surface area contributed by atoms with Gasteiger partial charge in [0.05, 0.1) is 12.1 Å². The maximum absolute atomic E-state index is 12.1. The Morgan fingerprint density at radius 3 is 2.39 bits per heavy atom. The molecule has 0 atom stereocenters. The zero-order valence-electron chi connectivity index (χ0n) is 11.6. The highest BCUT2D eigenvalue weighted by molar-refractivity contribution is 5.83. The first kappa shape index (κ1) is 14.9. The Labute approximate surface area is 108 Å². The molecule has 5 heteroatoms. The van der Waals surface area contributed by atoms with Crippen molar-refractivity contribution in [2.75, 3.05) is 13.2 Å². The predicted octanol–water partition coefficient (Wildman–Crippen LogP) is 1.49. The average molecular weight is 254 g/mol. The lowest BCUT2D eigenvalue weighted by molar-refractivity contribution is -0.167. The van der Waals surface area contributed by atoms with Crippen molar-refractivity contribution in [3.63, 3.8) is 0 Å². The van der Waals surface area contributed by atoms with Crippen LogP contribution >= 0.6 is 0 Å². The van der Waals surface area contributed by atoms with Gasteiger partial charge in [-0.15, -0.1) is 0 Å². The summed E-state index contributed by atoms with van der Waals surface area (Å²) in [4.78, 5) is 12.1. The highest BCUT2D eigenvalue weighted by Gasteiger charge is 2.20. The van der Waals surface area contributed by atoms with Crippen LogP contribution < -0.4 is 0 Å². The second-order valence-electron chi connectivity index (χ2n) is 3.99. The summed E-state index contributed by atoms with van der Waals surface area (Å²) in [5.74, 6) is -0.0654. The topological polar surface area (TPSA) is 53.4 Å². The van der Waals surface area contributed by atoms with Crippen LogP contribution in [-0.4, -0.2) is 35.1 Å². The lowest BCUT2D eigenvalue weighted by Crippen LogP contribution is -2.29. The van der Waals surface area contributed by atoms with Crippen LogP contribution in [0.2, 0.25) is 0 Å². The van der Waals surface area contributed by atoms with E-state index in [1.165, 1.54) is 0 Å². The first-order chi connectivity index (χ1) is 8.62. The van der Waals surface area contributed by atoms with Crippen molar-refractivity contribution >= 4 is 5.78 Å². The Morgan fingerprint density at radius 2 is 1.94 bits per heavy atom. The zero-order valence-corrected chi connectivity index (χ0v) is 11.6. The minimum absolute atomic E-state index is 0.0654. The molecule has 1 aromatic rings. The third-order valence-corrected chi connectivity index (χ3v) is 2.64. The molecule has 0 radical (unpaired) electrons. The standard InChI is InChI=1S/C13H22N2O3/c1-5-10-8-11(15(4)14-10)9-12(16)13(17-6-2)18-7-3/h8,13H,5-7,9H2,1-4H3. The van der Waals surface area contributed by atoms with E-state index >= 15 is 0 Å². The van der Waals surface area contributed by atoms with Crippen LogP contribution in [0.25, 0.3) is 0 Å². The van der Waals surface area contributed by atoms with E-state index in [0.29, 0.717) is 13.2 Å². The van der Waals surface area contributed by atoms with Gasteiger partial charge in [-0.3, -0.25) is 9.48 Å². The van der Waals surface area contributed by atoms with E-state index in [9.17, 15) is 4.79 Å². The predicted molar refractivity (Wildman–Crippen MR) is 68.3 cm³/mol. The summed E-state index contributed by atoms with van der Waals surface area (Å²) in [6.45, 7) is 6.65.